The van der Waals surface area contributed by atoms with Crippen molar-refractivity contribution in [2.75, 3.05) is 11.9 Å². The van der Waals surface area contributed by atoms with Crippen molar-refractivity contribution in [3.8, 4) is 0 Å². The number of anilines is 1. The average molecular weight is 271 g/mol. The Morgan fingerprint density at radius 3 is 2.90 bits per heavy atom. The fourth-order valence-corrected chi connectivity index (χ4v) is 2.44. The van der Waals surface area contributed by atoms with Crippen LogP contribution in [0.15, 0.2) is 42.7 Å². The summed E-state index contributed by atoms with van der Waals surface area (Å²) in [4.78, 5) is 12.4. The number of nitrogens with zero attached hydrogens (tertiary/aromatic N) is 2. The van der Waals surface area contributed by atoms with Crippen LogP contribution < -0.4 is 16.2 Å². The summed E-state index contributed by atoms with van der Waals surface area (Å²) in [5.74, 6) is -0.165. The van der Waals surface area contributed by atoms with Gasteiger partial charge >= 0.3 is 0 Å². The van der Waals surface area contributed by atoms with Crippen LogP contribution in [-0.2, 0) is 11.8 Å². The maximum Gasteiger partial charge on any atom is 0.230 e. The molecule has 1 saturated heterocycles. The molecular weight excluding hydrogens is 254 g/mol. The van der Waals surface area contributed by atoms with Gasteiger partial charge in [-0.05, 0) is 5.56 Å². The number of carbonyl (C=O) groups is 1. The van der Waals surface area contributed by atoms with Crippen LogP contribution in [0.25, 0.3) is 0 Å². The third kappa shape index (κ3) is 2.56. The van der Waals surface area contributed by atoms with Crippen molar-refractivity contribution >= 4 is 11.6 Å². The molecule has 1 aromatic carbocycles. The Hall–Kier alpha value is -2.18. The molecule has 0 aliphatic carbocycles. The molecule has 1 fully saturated rings. The summed E-state index contributed by atoms with van der Waals surface area (Å²) in [7, 11) is 1.82. The van der Waals surface area contributed by atoms with Crippen molar-refractivity contribution in [2.45, 2.75) is 6.04 Å². The topological polar surface area (TPSA) is 71.0 Å². The predicted molar refractivity (Wildman–Crippen MR) is 75.6 cm³/mol. The van der Waals surface area contributed by atoms with E-state index >= 15 is 0 Å². The van der Waals surface area contributed by atoms with Gasteiger partial charge in [0, 0.05) is 19.8 Å². The number of aryl methyl sites for hydroxylation is 1. The molecule has 3 rings (SSSR count). The Morgan fingerprint density at radius 2 is 2.20 bits per heavy atom. The van der Waals surface area contributed by atoms with E-state index in [9.17, 15) is 4.79 Å². The highest BCUT2D eigenvalue weighted by molar-refractivity contribution is 5.93. The molecule has 6 nitrogen and oxygen atoms in total. The highest BCUT2D eigenvalue weighted by Crippen LogP contribution is 2.25. The van der Waals surface area contributed by atoms with Gasteiger partial charge in [-0.1, -0.05) is 30.3 Å². The number of nitrogens with one attached hydrogen (secondary N) is 3. The van der Waals surface area contributed by atoms with Crippen LogP contribution in [-0.4, -0.2) is 22.2 Å². The van der Waals surface area contributed by atoms with E-state index < -0.39 is 0 Å². The van der Waals surface area contributed by atoms with Crippen LogP contribution in [0.4, 0.5) is 5.69 Å². The number of hydrogen-bond donors (Lipinski definition) is 3. The number of amides is 1. The number of hydrazine groups is 1. The zero-order chi connectivity index (χ0) is 13.9. The molecule has 1 aromatic heterocycles. The highest BCUT2D eigenvalue weighted by atomic mass is 16.2. The number of carbonyl (C=O) groups excluding carboxylic acids is 1. The van der Waals surface area contributed by atoms with E-state index in [1.165, 1.54) is 0 Å². The van der Waals surface area contributed by atoms with E-state index in [0.29, 0.717) is 6.54 Å². The minimum Gasteiger partial charge on any atom is -0.323 e. The van der Waals surface area contributed by atoms with Crippen LogP contribution in [0, 0.1) is 5.92 Å². The normalized spacial score (nSPS) is 21.9. The smallest absolute Gasteiger partial charge is 0.230 e. The van der Waals surface area contributed by atoms with E-state index in [0.717, 1.165) is 11.3 Å². The second-order valence-corrected chi connectivity index (χ2v) is 4.91. The van der Waals surface area contributed by atoms with Crippen molar-refractivity contribution in [1.29, 1.82) is 0 Å². The number of benzene rings is 1. The van der Waals surface area contributed by atoms with E-state index in [4.69, 9.17) is 0 Å². The molecule has 2 atom stereocenters. The summed E-state index contributed by atoms with van der Waals surface area (Å²) >= 11 is 0. The maximum absolute atomic E-state index is 12.4. The Kier molecular flexibility index (Phi) is 3.49. The zero-order valence-corrected chi connectivity index (χ0v) is 11.2. The van der Waals surface area contributed by atoms with Gasteiger partial charge in [0.1, 0.15) is 0 Å². The lowest BCUT2D eigenvalue weighted by molar-refractivity contribution is -0.119. The maximum atomic E-state index is 12.4. The van der Waals surface area contributed by atoms with Crippen LogP contribution in [0.2, 0.25) is 0 Å². The lowest BCUT2D eigenvalue weighted by Gasteiger charge is -2.17. The van der Waals surface area contributed by atoms with Gasteiger partial charge in [-0.15, -0.1) is 0 Å². The summed E-state index contributed by atoms with van der Waals surface area (Å²) in [5, 5.41) is 6.95. The molecule has 20 heavy (non-hydrogen) atoms. The molecule has 1 aliphatic rings. The molecule has 1 amide bonds. The number of rotatable bonds is 3. The minimum atomic E-state index is -0.155. The van der Waals surface area contributed by atoms with E-state index in [1.807, 2.05) is 37.4 Å². The van der Waals surface area contributed by atoms with Gasteiger partial charge in [-0.25, -0.2) is 5.43 Å². The first-order valence-corrected chi connectivity index (χ1v) is 6.57. The van der Waals surface area contributed by atoms with Crippen molar-refractivity contribution in [3.05, 3.63) is 48.3 Å². The lowest BCUT2D eigenvalue weighted by atomic mass is 9.94. The number of hydrogen-bond acceptors (Lipinski definition) is 4. The fraction of sp³-hybridized carbons (Fsp3) is 0.286. The van der Waals surface area contributed by atoms with Crippen molar-refractivity contribution in [2.24, 2.45) is 13.0 Å². The molecule has 104 valence electrons. The molecule has 2 aromatic rings. The van der Waals surface area contributed by atoms with Crippen LogP contribution in [0.1, 0.15) is 11.6 Å². The molecule has 6 heteroatoms. The summed E-state index contributed by atoms with van der Waals surface area (Å²) in [6.07, 6.45) is 3.43. The minimum absolute atomic E-state index is 0.00986. The Morgan fingerprint density at radius 1 is 1.40 bits per heavy atom. The van der Waals surface area contributed by atoms with Gasteiger partial charge in [0.25, 0.3) is 0 Å². The fourth-order valence-electron chi connectivity index (χ4n) is 2.44. The second-order valence-electron chi connectivity index (χ2n) is 4.91. The monoisotopic (exact) mass is 271 g/mol. The van der Waals surface area contributed by atoms with Gasteiger partial charge in [0.15, 0.2) is 0 Å². The van der Waals surface area contributed by atoms with Crippen molar-refractivity contribution in [3.63, 3.8) is 0 Å². The second kappa shape index (κ2) is 5.44. The molecule has 3 N–H and O–H groups in total. The van der Waals surface area contributed by atoms with Crippen molar-refractivity contribution < 1.29 is 4.79 Å². The van der Waals surface area contributed by atoms with Gasteiger partial charge in [-0.3, -0.25) is 14.9 Å². The Balaban J connectivity index is 1.73. The molecule has 0 radical (unpaired) electrons. The molecule has 1 aliphatic heterocycles. The van der Waals surface area contributed by atoms with Crippen LogP contribution in [0.3, 0.4) is 0 Å². The summed E-state index contributed by atoms with van der Waals surface area (Å²) in [6.45, 7) is 0.603. The Labute approximate surface area is 117 Å². The molecule has 0 spiro atoms. The van der Waals surface area contributed by atoms with Gasteiger partial charge < -0.3 is 5.32 Å². The lowest BCUT2D eigenvalue weighted by Crippen LogP contribution is -2.29. The SMILES string of the molecule is Cn1cc(NC(=O)C2CNNC2c2ccccc2)cn1. The quantitative estimate of drug-likeness (QED) is 0.773. The third-order valence-corrected chi connectivity index (χ3v) is 3.45. The molecular formula is C14H17N5O. The van der Waals surface area contributed by atoms with Gasteiger partial charge in [-0.2, -0.15) is 5.10 Å². The van der Waals surface area contributed by atoms with Gasteiger partial charge in [0.2, 0.25) is 5.91 Å². The first-order valence-electron chi connectivity index (χ1n) is 6.57. The van der Waals surface area contributed by atoms with Crippen LogP contribution in [0.5, 0.6) is 0 Å². The zero-order valence-electron chi connectivity index (χ0n) is 11.2. The Bertz CT molecular complexity index is 595. The highest BCUT2D eigenvalue weighted by Gasteiger charge is 2.33. The number of aromatic nitrogens is 2. The molecule has 2 unspecified atom stereocenters. The van der Waals surface area contributed by atoms with Crippen LogP contribution >= 0.6 is 0 Å². The summed E-state index contributed by atoms with van der Waals surface area (Å²) in [6, 6.07) is 9.95. The van der Waals surface area contributed by atoms with E-state index in [-0.39, 0.29) is 17.9 Å². The largest absolute Gasteiger partial charge is 0.323 e. The summed E-state index contributed by atoms with van der Waals surface area (Å²) < 4.78 is 1.66. The predicted octanol–water partition coefficient (Wildman–Crippen LogP) is 0.824. The van der Waals surface area contributed by atoms with E-state index in [1.54, 1.807) is 17.1 Å². The molecule has 2 heterocycles. The standard InChI is InChI=1S/C14H17N5O/c1-19-9-11(7-16-19)17-14(20)12-8-15-18-13(12)10-5-3-2-4-6-10/h2-7,9,12-13,15,18H,8H2,1H3,(H,17,20). The molecule has 0 saturated carbocycles. The van der Waals surface area contributed by atoms with Crippen molar-refractivity contribution in [1.82, 2.24) is 20.6 Å². The molecule has 0 bridgehead atoms. The first-order chi connectivity index (χ1) is 9.74. The van der Waals surface area contributed by atoms with E-state index in [2.05, 4.69) is 21.3 Å². The average Bonchev–Trinajstić information content (AvgIpc) is 3.09. The summed E-state index contributed by atoms with van der Waals surface area (Å²) in [5.41, 5.74) is 8.04. The van der Waals surface area contributed by atoms with Gasteiger partial charge in [0.05, 0.1) is 23.8 Å². The first kappa shape index (κ1) is 12.8. The third-order valence-electron chi connectivity index (χ3n) is 3.45.